The van der Waals surface area contributed by atoms with Gasteiger partial charge in [0.25, 0.3) is 0 Å². The molecule has 0 aromatic carbocycles. The van der Waals surface area contributed by atoms with E-state index in [1.807, 2.05) is 13.8 Å². The Hall–Kier alpha value is -1.91. The van der Waals surface area contributed by atoms with Gasteiger partial charge in [0, 0.05) is 19.8 Å². The molecule has 2 fully saturated rings. The maximum atomic E-state index is 13.0. The van der Waals surface area contributed by atoms with Gasteiger partial charge in [-0.2, -0.15) is 0 Å². The van der Waals surface area contributed by atoms with Crippen molar-refractivity contribution in [2.24, 2.45) is 11.8 Å². The molecule has 0 radical (unpaired) electrons. The summed E-state index contributed by atoms with van der Waals surface area (Å²) in [5, 5.41) is 52.6. The number of rotatable bonds is 18. The third-order valence-electron chi connectivity index (χ3n) is 8.38. The van der Waals surface area contributed by atoms with E-state index in [4.69, 9.17) is 28.4 Å². The minimum absolute atomic E-state index is 0.00387. The molecule has 2 heterocycles. The molecule has 2 rings (SSSR count). The number of hydrogen-bond donors (Lipinski definition) is 5. The van der Waals surface area contributed by atoms with Crippen molar-refractivity contribution in [2.45, 2.75) is 141 Å². The Morgan fingerprint density at radius 1 is 0.841 bits per heavy atom. The van der Waals surface area contributed by atoms with Crippen molar-refractivity contribution in [3.05, 3.63) is 0 Å². The van der Waals surface area contributed by atoms with Crippen molar-refractivity contribution in [3.63, 3.8) is 0 Å². The van der Waals surface area contributed by atoms with Crippen LogP contribution in [0.25, 0.3) is 0 Å². The summed E-state index contributed by atoms with van der Waals surface area (Å²) in [6.45, 7) is 7.05. The van der Waals surface area contributed by atoms with Gasteiger partial charge >= 0.3 is 17.9 Å². The maximum Gasteiger partial charge on any atom is 0.306 e. The first-order valence-corrected chi connectivity index (χ1v) is 15.6. The third-order valence-corrected chi connectivity index (χ3v) is 8.38. The lowest BCUT2D eigenvalue weighted by molar-refractivity contribution is -0.384. The van der Waals surface area contributed by atoms with Gasteiger partial charge in [-0.15, -0.1) is 0 Å². The van der Waals surface area contributed by atoms with Crippen molar-refractivity contribution in [3.8, 4) is 0 Å². The smallest absolute Gasteiger partial charge is 0.306 e. The van der Waals surface area contributed by atoms with Crippen LogP contribution < -0.4 is 0 Å². The molecular formula is C30H52O14. The van der Waals surface area contributed by atoms with Crippen LogP contribution in [0.3, 0.4) is 0 Å². The molecule has 0 saturated carbocycles. The summed E-state index contributed by atoms with van der Waals surface area (Å²) in [7, 11) is 0. The van der Waals surface area contributed by atoms with Crippen LogP contribution in [0.5, 0.6) is 0 Å². The van der Waals surface area contributed by atoms with E-state index in [2.05, 4.69) is 13.8 Å². The van der Waals surface area contributed by atoms with Crippen molar-refractivity contribution in [2.75, 3.05) is 19.8 Å². The predicted molar refractivity (Wildman–Crippen MR) is 153 cm³/mol. The fourth-order valence-electron chi connectivity index (χ4n) is 5.07. The molecule has 5 N–H and O–H groups in total. The molecule has 256 valence electrons. The molecule has 0 aromatic heterocycles. The summed E-state index contributed by atoms with van der Waals surface area (Å²) in [4.78, 5) is 37.1. The zero-order valence-corrected chi connectivity index (χ0v) is 26.5. The molecule has 2 aliphatic rings. The van der Waals surface area contributed by atoms with Crippen LogP contribution in [0.1, 0.15) is 86.0 Å². The van der Waals surface area contributed by atoms with Gasteiger partial charge in [0.1, 0.15) is 43.7 Å². The van der Waals surface area contributed by atoms with E-state index < -0.39 is 92.5 Å². The van der Waals surface area contributed by atoms with Crippen LogP contribution in [0.15, 0.2) is 0 Å². The van der Waals surface area contributed by atoms with Crippen molar-refractivity contribution >= 4 is 17.9 Å². The standard InChI is InChI=1S/C30H52O14/c1-6-17(3)10-8-12-22(34)41-26-24(36)20(14-31)40-29(27(26)42-23(35)13-9-11-18(4)7-2)44-30(16-32)28(38)25(37)21(43-30)15-39-19(5)33/h17-18,20-21,24-29,31-32,36-38H,6-16H2,1-5H3/t17-,18+,20+,21+,24+,25+,26-,27+,28-,29+,30-/m0/s1. The molecule has 2 aliphatic heterocycles. The SMILES string of the molecule is CC[C@@H](C)CCCC(=O)O[C@H]1[C@@H](O[C@]2(CO)O[C@H](COC(C)=O)[C@@H](O)[C@@H]2O)O[C@H](CO)[C@@H](O)[C@@H]1OC(=O)CCC[C@@H](C)CC. The Morgan fingerprint density at radius 3 is 1.86 bits per heavy atom. The second-order valence-corrected chi connectivity index (χ2v) is 11.9. The first-order valence-electron chi connectivity index (χ1n) is 15.6. The van der Waals surface area contributed by atoms with Crippen LogP contribution in [-0.4, -0.2) is 118 Å². The number of ether oxygens (including phenoxy) is 6. The van der Waals surface area contributed by atoms with Gasteiger partial charge in [-0.1, -0.05) is 53.4 Å². The van der Waals surface area contributed by atoms with Gasteiger partial charge < -0.3 is 54.0 Å². The molecular weight excluding hydrogens is 584 g/mol. The van der Waals surface area contributed by atoms with Crippen LogP contribution >= 0.6 is 0 Å². The fraction of sp³-hybridized carbons (Fsp3) is 0.900. The lowest BCUT2D eigenvalue weighted by atomic mass is 9.97. The average molecular weight is 637 g/mol. The first-order chi connectivity index (χ1) is 20.8. The van der Waals surface area contributed by atoms with Gasteiger partial charge in [0.15, 0.2) is 12.2 Å². The second-order valence-electron chi connectivity index (χ2n) is 11.9. The monoisotopic (exact) mass is 636 g/mol. The quantitative estimate of drug-likeness (QED) is 0.104. The van der Waals surface area contributed by atoms with Crippen LogP contribution in [0, 0.1) is 11.8 Å². The molecule has 44 heavy (non-hydrogen) atoms. The summed E-state index contributed by atoms with van der Waals surface area (Å²) in [6.07, 6.45) is -8.42. The predicted octanol–water partition coefficient (Wildman–Crippen LogP) is 0.710. The highest BCUT2D eigenvalue weighted by atomic mass is 16.8. The summed E-state index contributed by atoms with van der Waals surface area (Å²) in [5.74, 6) is -3.67. The zero-order chi connectivity index (χ0) is 33.0. The van der Waals surface area contributed by atoms with E-state index in [0.717, 1.165) is 32.6 Å². The number of esters is 3. The number of carbonyl (C=O) groups excluding carboxylic acids is 3. The highest BCUT2D eigenvalue weighted by molar-refractivity contribution is 5.71. The minimum atomic E-state index is -2.37. The molecule has 14 heteroatoms. The van der Waals surface area contributed by atoms with Gasteiger partial charge in [0.05, 0.1) is 6.61 Å². The van der Waals surface area contributed by atoms with Crippen molar-refractivity contribution in [1.29, 1.82) is 0 Å². The number of aliphatic hydroxyl groups is 5. The zero-order valence-electron chi connectivity index (χ0n) is 26.5. The molecule has 0 spiro atoms. The number of hydrogen-bond acceptors (Lipinski definition) is 14. The number of aliphatic hydroxyl groups excluding tert-OH is 5. The van der Waals surface area contributed by atoms with Crippen molar-refractivity contribution in [1.82, 2.24) is 0 Å². The minimum Gasteiger partial charge on any atom is -0.463 e. The summed E-state index contributed by atoms with van der Waals surface area (Å²) in [5.41, 5.74) is 0. The third kappa shape index (κ3) is 10.6. The van der Waals surface area contributed by atoms with Gasteiger partial charge in [-0.05, 0) is 24.7 Å². The van der Waals surface area contributed by atoms with E-state index in [0.29, 0.717) is 24.7 Å². The van der Waals surface area contributed by atoms with E-state index >= 15 is 0 Å². The molecule has 0 aliphatic carbocycles. The lowest BCUT2D eigenvalue weighted by Gasteiger charge is -2.45. The molecule has 0 amide bonds. The Morgan fingerprint density at radius 2 is 1.39 bits per heavy atom. The Labute approximate surface area is 258 Å². The second kappa shape index (κ2) is 18.3. The van der Waals surface area contributed by atoms with Crippen molar-refractivity contribution < 1.29 is 68.3 Å². The Kier molecular flexibility index (Phi) is 15.9. The Bertz CT molecular complexity index is 901. The first kappa shape index (κ1) is 38.3. The topological polar surface area (TPSA) is 208 Å². The van der Waals surface area contributed by atoms with E-state index in [9.17, 15) is 39.9 Å². The number of carbonyl (C=O) groups is 3. The largest absolute Gasteiger partial charge is 0.463 e. The van der Waals surface area contributed by atoms with Crippen LogP contribution in [0.2, 0.25) is 0 Å². The van der Waals surface area contributed by atoms with Crippen LogP contribution in [0.4, 0.5) is 0 Å². The van der Waals surface area contributed by atoms with Gasteiger partial charge in [0.2, 0.25) is 12.1 Å². The summed E-state index contributed by atoms with van der Waals surface area (Å²) >= 11 is 0. The van der Waals surface area contributed by atoms with Gasteiger partial charge in [-0.3, -0.25) is 14.4 Å². The highest BCUT2D eigenvalue weighted by Gasteiger charge is 2.60. The van der Waals surface area contributed by atoms with Gasteiger partial charge in [-0.25, -0.2) is 0 Å². The Balaban J connectivity index is 2.34. The molecule has 0 unspecified atom stereocenters. The molecule has 0 aromatic rings. The average Bonchev–Trinajstić information content (AvgIpc) is 3.23. The van der Waals surface area contributed by atoms with E-state index in [1.54, 1.807) is 0 Å². The van der Waals surface area contributed by atoms with E-state index in [-0.39, 0.29) is 12.8 Å². The summed E-state index contributed by atoms with van der Waals surface area (Å²) < 4.78 is 33.4. The molecule has 2 saturated heterocycles. The van der Waals surface area contributed by atoms with Crippen LogP contribution in [-0.2, 0) is 42.8 Å². The lowest BCUT2D eigenvalue weighted by Crippen LogP contribution is -2.64. The van der Waals surface area contributed by atoms with E-state index in [1.165, 1.54) is 0 Å². The molecule has 0 bridgehead atoms. The summed E-state index contributed by atoms with van der Waals surface area (Å²) in [6, 6.07) is 0. The fourth-order valence-corrected chi connectivity index (χ4v) is 5.07. The molecule has 14 nitrogen and oxygen atoms in total. The molecule has 11 atom stereocenters. The normalized spacial score (nSPS) is 33.4. The maximum absolute atomic E-state index is 13.0. The highest BCUT2D eigenvalue weighted by Crippen LogP contribution is 2.37.